The quantitative estimate of drug-likeness (QED) is 0.672. The largest absolute Gasteiger partial charge is 0.478 e. The van der Waals surface area contributed by atoms with Gasteiger partial charge < -0.3 is 10.0 Å². The van der Waals surface area contributed by atoms with E-state index in [1.54, 1.807) is 11.9 Å². The van der Waals surface area contributed by atoms with Gasteiger partial charge in [0.05, 0.1) is 10.5 Å². The molecule has 26 heavy (non-hydrogen) atoms. The van der Waals surface area contributed by atoms with Crippen molar-refractivity contribution in [1.82, 2.24) is 4.90 Å². The van der Waals surface area contributed by atoms with Gasteiger partial charge in [-0.15, -0.1) is 0 Å². The molecule has 1 N–H and O–H groups in total. The van der Waals surface area contributed by atoms with Crippen LogP contribution in [0.2, 0.25) is 0 Å². The number of nitro benzene ring substituents is 1. The smallest absolute Gasteiger partial charge is 0.335 e. The number of benzene rings is 2. The predicted molar refractivity (Wildman–Crippen MR) is 94.4 cm³/mol. The molecule has 1 aliphatic rings. The first kappa shape index (κ1) is 17.6. The maximum absolute atomic E-state index is 12.8. The van der Waals surface area contributed by atoms with Gasteiger partial charge in [-0.25, -0.2) is 4.79 Å². The molecule has 0 saturated heterocycles. The minimum atomic E-state index is -1.31. The molecule has 2 aromatic carbocycles. The van der Waals surface area contributed by atoms with Crippen LogP contribution in [0.25, 0.3) is 0 Å². The molecule has 1 amide bonds. The molecule has 3 rings (SSSR count). The van der Waals surface area contributed by atoms with Crippen molar-refractivity contribution in [3.05, 3.63) is 74.8 Å². The van der Waals surface area contributed by atoms with E-state index in [4.69, 9.17) is 5.11 Å². The summed E-state index contributed by atoms with van der Waals surface area (Å²) in [4.78, 5) is 35.9. The second-order valence-corrected chi connectivity index (χ2v) is 6.41. The third kappa shape index (κ3) is 3.42. The molecule has 0 aromatic heterocycles. The Morgan fingerprint density at radius 2 is 1.81 bits per heavy atom. The van der Waals surface area contributed by atoms with Crippen LogP contribution in [-0.2, 0) is 12.8 Å². The SMILES string of the molecule is CN(C(=O)c1cc(C(=O)O)cc([N+](=O)[O-])c1)C1CCc2ccccc2C1. The lowest BCUT2D eigenvalue weighted by molar-refractivity contribution is -0.384. The number of fused-ring (bicyclic) bond motifs is 1. The summed E-state index contributed by atoms with van der Waals surface area (Å²) in [5, 5.41) is 20.2. The number of aryl methyl sites for hydroxylation is 1. The Balaban J connectivity index is 1.87. The number of nitrogens with zero attached hydrogens (tertiary/aromatic N) is 2. The van der Waals surface area contributed by atoms with E-state index in [0.29, 0.717) is 6.42 Å². The maximum atomic E-state index is 12.8. The lowest BCUT2D eigenvalue weighted by atomic mass is 9.87. The number of hydrogen-bond acceptors (Lipinski definition) is 4. The summed E-state index contributed by atoms with van der Waals surface area (Å²) >= 11 is 0. The number of aromatic carboxylic acids is 1. The van der Waals surface area contributed by atoms with Crippen LogP contribution >= 0.6 is 0 Å². The number of non-ortho nitro benzene ring substituents is 1. The molecule has 1 atom stereocenters. The molecule has 0 fully saturated rings. The molecule has 0 radical (unpaired) electrons. The van der Waals surface area contributed by atoms with E-state index in [2.05, 4.69) is 6.07 Å². The maximum Gasteiger partial charge on any atom is 0.335 e. The zero-order valence-corrected chi connectivity index (χ0v) is 14.2. The molecule has 7 heteroatoms. The highest BCUT2D eigenvalue weighted by Gasteiger charge is 2.27. The second-order valence-electron chi connectivity index (χ2n) is 6.41. The molecule has 0 bridgehead atoms. The van der Waals surface area contributed by atoms with Gasteiger partial charge in [0, 0.05) is 30.8 Å². The minimum Gasteiger partial charge on any atom is -0.478 e. The number of rotatable bonds is 4. The van der Waals surface area contributed by atoms with Gasteiger partial charge in [-0.3, -0.25) is 14.9 Å². The first-order valence-electron chi connectivity index (χ1n) is 8.23. The van der Waals surface area contributed by atoms with E-state index in [0.717, 1.165) is 25.0 Å². The summed E-state index contributed by atoms with van der Waals surface area (Å²) in [6, 6.07) is 11.3. The van der Waals surface area contributed by atoms with Crippen LogP contribution in [0.4, 0.5) is 5.69 Å². The van der Waals surface area contributed by atoms with Crippen molar-refractivity contribution in [2.45, 2.75) is 25.3 Å². The second kappa shape index (κ2) is 6.95. The number of carbonyl (C=O) groups is 2. The summed E-state index contributed by atoms with van der Waals surface area (Å²) in [5.41, 5.74) is 1.79. The average molecular weight is 354 g/mol. The van der Waals surface area contributed by atoms with Gasteiger partial charge in [0.2, 0.25) is 0 Å². The highest BCUT2D eigenvalue weighted by molar-refractivity contribution is 5.98. The van der Waals surface area contributed by atoms with Crippen LogP contribution in [-0.4, -0.2) is 39.9 Å². The van der Waals surface area contributed by atoms with E-state index in [-0.39, 0.29) is 17.2 Å². The molecule has 0 heterocycles. The number of carboxylic acids is 1. The Hall–Kier alpha value is -3.22. The van der Waals surface area contributed by atoms with Crippen LogP contribution in [0, 0.1) is 10.1 Å². The Labute approximate surface area is 150 Å². The van der Waals surface area contributed by atoms with Crippen LogP contribution in [0.15, 0.2) is 42.5 Å². The standard InChI is InChI=1S/C19H18N2O5/c1-20(16-7-6-12-4-2-3-5-13(12)9-16)18(22)14-8-15(19(23)24)11-17(10-14)21(25)26/h2-5,8,10-11,16H,6-7,9H2,1H3,(H,23,24). The summed E-state index contributed by atoms with van der Waals surface area (Å²) in [6.07, 6.45) is 2.35. The summed E-state index contributed by atoms with van der Waals surface area (Å²) in [6.45, 7) is 0. The van der Waals surface area contributed by atoms with Gasteiger partial charge >= 0.3 is 5.97 Å². The van der Waals surface area contributed by atoms with Crippen LogP contribution in [0.1, 0.15) is 38.3 Å². The van der Waals surface area contributed by atoms with Crippen molar-refractivity contribution in [1.29, 1.82) is 0 Å². The third-order valence-electron chi connectivity index (χ3n) is 4.81. The molecule has 1 unspecified atom stereocenters. The zero-order chi connectivity index (χ0) is 18.8. The van der Waals surface area contributed by atoms with Crippen molar-refractivity contribution < 1.29 is 19.6 Å². The fourth-order valence-electron chi connectivity index (χ4n) is 3.34. The van der Waals surface area contributed by atoms with Gasteiger partial charge in [-0.05, 0) is 36.5 Å². The van der Waals surface area contributed by atoms with Crippen molar-refractivity contribution in [2.24, 2.45) is 0 Å². The normalized spacial score (nSPS) is 15.8. The number of hydrogen-bond donors (Lipinski definition) is 1. The highest BCUT2D eigenvalue weighted by atomic mass is 16.6. The Morgan fingerprint density at radius 1 is 1.15 bits per heavy atom. The number of carboxylic acid groups (broad SMARTS) is 1. The molecular weight excluding hydrogens is 336 g/mol. The molecule has 2 aromatic rings. The van der Waals surface area contributed by atoms with Crippen molar-refractivity contribution >= 4 is 17.6 Å². The van der Waals surface area contributed by atoms with Gasteiger partial charge in [-0.2, -0.15) is 0 Å². The molecule has 7 nitrogen and oxygen atoms in total. The summed E-state index contributed by atoms with van der Waals surface area (Å²) < 4.78 is 0. The summed E-state index contributed by atoms with van der Waals surface area (Å²) in [5.74, 6) is -1.72. The number of likely N-dealkylation sites (N-methyl/N-ethyl adjacent to an activating group) is 1. The first-order valence-corrected chi connectivity index (χ1v) is 8.23. The van der Waals surface area contributed by atoms with Crippen LogP contribution < -0.4 is 0 Å². The molecular formula is C19H18N2O5. The fourth-order valence-corrected chi connectivity index (χ4v) is 3.34. The molecule has 134 valence electrons. The van der Waals surface area contributed by atoms with E-state index >= 15 is 0 Å². The Kier molecular flexibility index (Phi) is 4.71. The molecule has 0 saturated carbocycles. The average Bonchev–Trinajstić information content (AvgIpc) is 2.65. The Morgan fingerprint density at radius 3 is 2.46 bits per heavy atom. The molecule has 0 spiro atoms. The van der Waals surface area contributed by atoms with Crippen LogP contribution in [0.3, 0.4) is 0 Å². The predicted octanol–water partition coefficient (Wildman–Crippen LogP) is 2.92. The minimum absolute atomic E-state index is 0.0120. The lowest BCUT2D eigenvalue weighted by Crippen LogP contribution is -2.40. The molecule has 0 aliphatic heterocycles. The Bertz CT molecular complexity index is 861. The van der Waals surface area contributed by atoms with Crippen molar-refractivity contribution in [3.8, 4) is 0 Å². The van der Waals surface area contributed by atoms with Gasteiger partial charge in [-0.1, -0.05) is 24.3 Å². The van der Waals surface area contributed by atoms with Gasteiger partial charge in [0.1, 0.15) is 0 Å². The van der Waals surface area contributed by atoms with Crippen molar-refractivity contribution in [3.63, 3.8) is 0 Å². The summed E-state index contributed by atoms with van der Waals surface area (Å²) in [7, 11) is 1.65. The fraction of sp³-hybridized carbons (Fsp3) is 0.263. The van der Waals surface area contributed by atoms with E-state index in [1.165, 1.54) is 17.2 Å². The topological polar surface area (TPSA) is 101 Å². The molecule has 1 aliphatic carbocycles. The lowest BCUT2D eigenvalue weighted by Gasteiger charge is -2.32. The van der Waals surface area contributed by atoms with Gasteiger partial charge in [0.15, 0.2) is 0 Å². The highest BCUT2D eigenvalue weighted by Crippen LogP contribution is 2.26. The van der Waals surface area contributed by atoms with Gasteiger partial charge in [0.25, 0.3) is 11.6 Å². The monoisotopic (exact) mass is 354 g/mol. The van der Waals surface area contributed by atoms with Crippen molar-refractivity contribution in [2.75, 3.05) is 7.05 Å². The number of carbonyl (C=O) groups excluding carboxylic acids is 1. The zero-order valence-electron chi connectivity index (χ0n) is 14.2. The number of amides is 1. The van der Waals surface area contributed by atoms with E-state index < -0.39 is 22.5 Å². The van der Waals surface area contributed by atoms with E-state index in [9.17, 15) is 19.7 Å². The number of nitro groups is 1. The van der Waals surface area contributed by atoms with Crippen LogP contribution in [0.5, 0.6) is 0 Å². The third-order valence-corrected chi connectivity index (χ3v) is 4.81. The van der Waals surface area contributed by atoms with E-state index in [1.807, 2.05) is 18.2 Å². The first-order chi connectivity index (χ1) is 12.4.